The van der Waals surface area contributed by atoms with Crippen molar-refractivity contribution in [2.75, 3.05) is 25.6 Å². The summed E-state index contributed by atoms with van der Waals surface area (Å²) in [6.45, 7) is 2.99. The predicted octanol–water partition coefficient (Wildman–Crippen LogP) is 2.42. The first-order chi connectivity index (χ1) is 9.74. The molecule has 2 heterocycles. The molecule has 2 fully saturated rings. The number of morpholine rings is 1. The second-order valence-electron chi connectivity index (χ2n) is 5.52. The van der Waals surface area contributed by atoms with Crippen LogP contribution in [-0.2, 0) is 16.1 Å². The number of alkyl halides is 1. The summed E-state index contributed by atoms with van der Waals surface area (Å²) >= 11 is 5.84. The van der Waals surface area contributed by atoms with Gasteiger partial charge in [0.2, 0.25) is 0 Å². The van der Waals surface area contributed by atoms with E-state index in [0.717, 1.165) is 31.7 Å². The Hall–Kier alpha value is -0.680. The first-order valence-electron chi connectivity index (χ1n) is 7.02. The fourth-order valence-corrected chi connectivity index (χ4v) is 3.14. The number of fused-ring (bicyclic) bond motifs is 1. The lowest BCUT2D eigenvalue weighted by Crippen LogP contribution is -2.46. The standard InChI is InChI=1S/C15H19ClFNO2/c16-6-15-8-18-7-14(5-13(18)10-20-15)19-9-11-2-1-3-12(17)4-11/h1-4,13-15H,5-10H2/t13-,14+,15+/m0/s1. The van der Waals surface area contributed by atoms with Gasteiger partial charge >= 0.3 is 0 Å². The number of benzene rings is 1. The Kier molecular flexibility index (Phi) is 4.56. The fraction of sp³-hybridized carbons (Fsp3) is 0.600. The maximum absolute atomic E-state index is 13.1. The quantitative estimate of drug-likeness (QED) is 0.797. The molecule has 1 aromatic rings. The molecule has 5 heteroatoms. The molecule has 0 N–H and O–H groups in total. The molecule has 2 saturated heterocycles. The Labute approximate surface area is 123 Å². The van der Waals surface area contributed by atoms with Crippen LogP contribution in [0.4, 0.5) is 4.39 Å². The smallest absolute Gasteiger partial charge is 0.123 e. The third-order valence-corrected chi connectivity index (χ3v) is 4.34. The van der Waals surface area contributed by atoms with E-state index >= 15 is 0 Å². The van der Waals surface area contributed by atoms with Gasteiger partial charge in [0.25, 0.3) is 0 Å². The zero-order chi connectivity index (χ0) is 13.9. The minimum Gasteiger partial charge on any atom is -0.374 e. The maximum atomic E-state index is 13.1. The highest BCUT2D eigenvalue weighted by molar-refractivity contribution is 6.18. The molecular formula is C15H19ClFNO2. The van der Waals surface area contributed by atoms with E-state index in [9.17, 15) is 4.39 Å². The number of hydrogen-bond acceptors (Lipinski definition) is 3. The van der Waals surface area contributed by atoms with Crippen molar-refractivity contribution in [2.45, 2.75) is 31.3 Å². The second-order valence-corrected chi connectivity index (χ2v) is 5.82. The molecule has 110 valence electrons. The fourth-order valence-electron chi connectivity index (χ4n) is 2.95. The van der Waals surface area contributed by atoms with E-state index in [2.05, 4.69) is 4.90 Å². The van der Waals surface area contributed by atoms with Crippen molar-refractivity contribution >= 4 is 11.6 Å². The van der Waals surface area contributed by atoms with E-state index in [1.165, 1.54) is 12.1 Å². The van der Waals surface area contributed by atoms with Gasteiger partial charge in [-0.3, -0.25) is 4.90 Å². The van der Waals surface area contributed by atoms with Gasteiger partial charge in [0.1, 0.15) is 5.82 Å². The Morgan fingerprint density at radius 3 is 3.10 bits per heavy atom. The Morgan fingerprint density at radius 1 is 1.40 bits per heavy atom. The highest BCUT2D eigenvalue weighted by Crippen LogP contribution is 2.26. The van der Waals surface area contributed by atoms with Crippen molar-refractivity contribution in [2.24, 2.45) is 0 Å². The summed E-state index contributed by atoms with van der Waals surface area (Å²) in [5.74, 6) is 0.325. The molecule has 20 heavy (non-hydrogen) atoms. The first-order valence-corrected chi connectivity index (χ1v) is 7.55. The van der Waals surface area contributed by atoms with E-state index in [1.807, 2.05) is 6.07 Å². The normalized spacial score (nSPS) is 30.4. The van der Waals surface area contributed by atoms with Crippen molar-refractivity contribution in [3.05, 3.63) is 35.6 Å². The molecule has 2 aliphatic rings. The van der Waals surface area contributed by atoms with E-state index < -0.39 is 0 Å². The summed E-state index contributed by atoms with van der Waals surface area (Å²) < 4.78 is 24.7. The average molecular weight is 300 g/mol. The number of nitrogens with zero attached hydrogens (tertiary/aromatic N) is 1. The lowest BCUT2D eigenvalue weighted by atomic mass is 10.2. The Bertz CT molecular complexity index is 459. The van der Waals surface area contributed by atoms with Crippen molar-refractivity contribution in [1.29, 1.82) is 0 Å². The van der Waals surface area contributed by atoms with Crippen LogP contribution in [-0.4, -0.2) is 48.7 Å². The Morgan fingerprint density at radius 2 is 2.30 bits per heavy atom. The third-order valence-electron chi connectivity index (χ3n) is 4.00. The predicted molar refractivity (Wildman–Crippen MR) is 75.4 cm³/mol. The second kappa shape index (κ2) is 6.39. The molecule has 3 nitrogen and oxygen atoms in total. The highest BCUT2D eigenvalue weighted by atomic mass is 35.5. The van der Waals surface area contributed by atoms with Crippen LogP contribution in [0.5, 0.6) is 0 Å². The molecule has 3 rings (SSSR count). The van der Waals surface area contributed by atoms with Crippen molar-refractivity contribution in [3.63, 3.8) is 0 Å². The average Bonchev–Trinajstić information content (AvgIpc) is 2.87. The summed E-state index contributed by atoms with van der Waals surface area (Å²) in [6.07, 6.45) is 1.31. The van der Waals surface area contributed by atoms with Crippen molar-refractivity contribution in [1.82, 2.24) is 4.90 Å². The zero-order valence-corrected chi connectivity index (χ0v) is 12.1. The summed E-state index contributed by atoms with van der Waals surface area (Å²) in [7, 11) is 0. The summed E-state index contributed by atoms with van der Waals surface area (Å²) in [5, 5.41) is 0. The van der Waals surface area contributed by atoms with E-state index in [1.54, 1.807) is 6.07 Å². The van der Waals surface area contributed by atoms with Gasteiger partial charge in [-0.1, -0.05) is 12.1 Å². The van der Waals surface area contributed by atoms with Gasteiger partial charge < -0.3 is 9.47 Å². The molecular weight excluding hydrogens is 281 g/mol. The molecule has 0 aromatic heterocycles. The SMILES string of the molecule is Fc1cccc(CO[C@@H]2C[C@H]3CO[C@H](CCl)CN3C2)c1. The van der Waals surface area contributed by atoms with Crippen molar-refractivity contribution < 1.29 is 13.9 Å². The molecule has 0 radical (unpaired) electrons. The molecule has 0 spiro atoms. The Balaban J connectivity index is 1.50. The van der Waals surface area contributed by atoms with Crippen LogP contribution in [0.2, 0.25) is 0 Å². The van der Waals surface area contributed by atoms with Crippen LogP contribution in [0, 0.1) is 5.82 Å². The van der Waals surface area contributed by atoms with Crippen LogP contribution < -0.4 is 0 Å². The molecule has 0 aliphatic carbocycles. The van der Waals surface area contributed by atoms with Gasteiger partial charge in [-0.2, -0.15) is 0 Å². The minimum absolute atomic E-state index is 0.134. The molecule has 0 unspecified atom stereocenters. The molecule has 0 amide bonds. The molecule has 0 saturated carbocycles. The van der Waals surface area contributed by atoms with E-state index in [-0.39, 0.29) is 18.0 Å². The topological polar surface area (TPSA) is 21.7 Å². The monoisotopic (exact) mass is 299 g/mol. The molecule has 1 aromatic carbocycles. The van der Waals surface area contributed by atoms with Gasteiger partial charge in [-0.15, -0.1) is 11.6 Å². The van der Waals surface area contributed by atoms with Gasteiger partial charge in [0, 0.05) is 25.0 Å². The van der Waals surface area contributed by atoms with E-state index in [0.29, 0.717) is 18.5 Å². The van der Waals surface area contributed by atoms with Gasteiger partial charge in [0.05, 0.1) is 25.4 Å². The number of hydrogen-bond donors (Lipinski definition) is 0. The molecule has 0 bridgehead atoms. The first kappa shape index (κ1) is 14.3. The third kappa shape index (κ3) is 3.31. The van der Waals surface area contributed by atoms with Crippen LogP contribution >= 0.6 is 11.6 Å². The highest BCUT2D eigenvalue weighted by Gasteiger charge is 2.37. The summed E-state index contributed by atoms with van der Waals surface area (Å²) in [6, 6.07) is 7.01. The van der Waals surface area contributed by atoms with Gasteiger partial charge in [0.15, 0.2) is 0 Å². The number of ether oxygens (including phenoxy) is 2. The van der Waals surface area contributed by atoms with E-state index in [4.69, 9.17) is 21.1 Å². The summed E-state index contributed by atoms with van der Waals surface area (Å²) in [4.78, 5) is 2.40. The lowest BCUT2D eigenvalue weighted by molar-refractivity contribution is -0.0377. The number of rotatable bonds is 4. The largest absolute Gasteiger partial charge is 0.374 e. The van der Waals surface area contributed by atoms with Gasteiger partial charge in [-0.25, -0.2) is 4.39 Å². The van der Waals surface area contributed by atoms with Gasteiger partial charge in [-0.05, 0) is 24.1 Å². The summed E-state index contributed by atoms with van der Waals surface area (Å²) in [5.41, 5.74) is 0.879. The van der Waals surface area contributed by atoms with Crippen LogP contribution in [0.25, 0.3) is 0 Å². The lowest BCUT2D eigenvalue weighted by Gasteiger charge is -2.33. The number of halogens is 2. The molecule has 2 aliphatic heterocycles. The van der Waals surface area contributed by atoms with Crippen LogP contribution in [0.15, 0.2) is 24.3 Å². The minimum atomic E-state index is -0.215. The van der Waals surface area contributed by atoms with Crippen LogP contribution in [0.1, 0.15) is 12.0 Å². The maximum Gasteiger partial charge on any atom is 0.123 e. The molecule has 3 atom stereocenters. The van der Waals surface area contributed by atoms with Crippen molar-refractivity contribution in [3.8, 4) is 0 Å². The van der Waals surface area contributed by atoms with Crippen LogP contribution in [0.3, 0.4) is 0 Å². The zero-order valence-electron chi connectivity index (χ0n) is 11.3.